The number of anilines is 1. The van der Waals surface area contributed by atoms with Crippen LogP contribution >= 0.6 is 0 Å². The molecule has 0 radical (unpaired) electrons. The number of nitrogens with one attached hydrogen (secondary N) is 1. The lowest BCUT2D eigenvalue weighted by atomic mass is 10.2. The predicted octanol–water partition coefficient (Wildman–Crippen LogP) is 2.47. The van der Waals surface area contributed by atoms with Gasteiger partial charge in [0.05, 0.1) is 18.8 Å². The van der Waals surface area contributed by atoms with Gasteiger partial charge in [-0.05, 0) is 18.2 Å². The topological polar surface area (TPSA) is 92.8 Å². The lowest BCUT2D eigenvalue weighted by Crippen LogP contribution is -2.15. The van der Waals surface area contributed by atoms with Gasteiger partial charge in [-0.15, -0.1) is 0 Å². The van der Waals surface area contributed by atoms with Crippen molar-refractivity contribution in [2.45, 2.75) is 0 Å². The summed E-state index contributed by atoms with van der Waals surface area (Å²) in [5, 5.41) is 16.7. The van der Waals surface area contributed by atoms with E-state index in [0.29, 0.717) is 5.82 Å². The molecule has 1 amide bonds. The number of hydrogen-bond acceptors (Lipinski definition) is 5. The Morgan fingerprint density at radius 1 is 1.32 bits per heavy atom. The molecule has 3 rings (SSSR count). The molecule has 0 aliphatic carbocycles. The molecule has 7 nitrogen and oxygen atoms in total. The number of aromatic nitrogens is 3. The fourth-order valence-corrected chi connectivity index (χ4v) is 2.05. The zero-order valence-corrected chi connectivity index (χ0v) is 11.6. The van der Waals surface area contributed by atoms with Gasteiger partial charge in [-0.3, -0.25) is 5.32 Å². The summed E-state index contributed by atoms with van der Waals surface area (Å²) in [5.41, 5.74) is 1.01. The van der Waals surface area contributed by atoms with Gasteiger partial charge in [0.25, 0.3) is 0 Å². The Hall–Kier alpha value is -3.40. The van der Waals surface area contributed by atoms with E-state index in [0.717, 1.165) is 10.9 Å². The van der Waals surface area contributed by atoms with Gasteiger partial charge in [-0.2, -0.15) is 15.0 Å². The fourth-order valence-electron chi connectivity index (χ4n) is 2.05. The van der Waals surface area contributed by atoms with Crippen molar-refractivity contribution in [2.75, 3.05) is 12.4 Å². The maximum absolute atomic E-state index is 11.4. The molecule has 0 spiro atoms. The largest absolute Gasteiger partial charge is 0.453 e. The van der Waals surface area contributed by atoms with Crippen molar-refractivity contribution < 1.29 is 9.53 Å². The summed E-state index contributed by atoms with van der Waals surface area (Å²) in [4.78, 5) is 15.9. The maximum atomic E-state index is 11.4. The van der Waals surface area contributed by atoms with Crippen LogP contribution < -0.4 is 5.32 Å². The smallest absolute Gasteiger partial charge is 0.412 e. The van der Waals surface area contributed by atoms with Gasteiger partial charge in [0.2, 0.25) is 0 Å². The van der Waals surface area contributed by atoms with E-state index in [1.807, 2.05) is 36.4 Å². The van der Waals surface area contributed by atoms with Crippen molar-refractivity contribution in [3.63, 3.8) is 0 Å². The van der Waals surface area contributed by atoms with Gasteiger partial charge < -0.3 is 4.74 Å². The number of carbonyl (C=O) groups is 1. The molecule has 1 N–H and O–H groups in total. The molecule has 0 aliphatic heterocycles. The first kappa shape index (κ1) is 13.6. The number of nitrogens with zero attached hydrogens (tertiary/aromatic N) is 4. The van der Waals surface area contributed by atoms with Crippen molar-refractivity contribution in [1.29, 1.82) is 5.26 Å². The second-order valence-corrected chi connectivity index (χ2v) is 4.41. The maximum Gasteiger partial charge on any atom is 0.412 e. The summed E-state index contributed by atoms with van der Waals surface area (Å²) < 4.78 is 5.95. The number of carbonyl (C=O) groups excluding carboxylic acids is 1. The first-order valence-electron chi connectivity index (χ1n) is 6.42. The first-order valence-corrected chi connectivity index (χ1v) is 6.42. The number of benzene rings is 1. The highest BCUT2D eigenvalue weighted by molar-refractivity contribution is 5.86. The van der Waals surface area contributed by atoms with Crippen molar-refractivity contribution >= 4 is 22.8 Å². The van der Waals surface area contributed by atoms with Crippen molar-refractivity contribution in [3.05, 3.63) is 48.2 Å². The zero-order valence-electron chi connectivity index (χ0n) is 11.6. The molecule has 1 aromatic carbocycles. The molecule has 0 atom stereocenters. The van der Waals surface area contributed by atoms with E-state index in [9.17, 15) is 4.79 Å². The number of fused-ring (bicyclic) bond motifs is 1. The van der Waals surface area contributed by atoms with E-state index in [2.05, 4.69) is 20.1 Å². The van der Waals surface area contributed by atoms with Crippen LogP contribution in [0.5, 0.6) is 0 Å². The minimum atomic E-state index is -0.681. The van der Waals surface area contributed by atoms with Crippen LogP contribution in [0, 0.1) is 11.3 Å². The molecule has 7 heteroatoms. The van der Waals surface area contributed by atoms with Crippen molar-refractivity contribution in [2.24, 2.45) is 0 Å². The van der Waals surface area contributed by atoms with Crippen LogP contribution in [-0.4, -0.2) is 28.0 Å². The van der Waals surface area contributed by atoms with E-state index in [4.69, 9.17) is 5.26 Å². The highest BCUT2D eigenvalue weighted by Gasteiger charge is 2.16. The van der Waals surface area contributed by atoms with E-state index >= 15 is 0 Å². The van der Waals surface area contributed by atoms with Gasteiger partial charge in [0.15, 0.2) is 11.6 Å². The fraction of sp³-hybridized carbons (Fsp3) is 0.0667. The summed E-state index contributed by atoms with van der Waals surface area (Å²) in [7, 11) is 1.25. The zero-order chi connectivity index (χ0) is 15.5. The van der Waals surface area contributed by atoms with Crippen LogP contribution in [0.15, 0.2) is 42.6 Å². The number of ether oxygens (including phenoxy) is 1. The number of amides is 1. The first-order chi connectivity index (χ1) is 10.7. The number of methoxy groups -OCH3 is 1. The quantitative estimate of drug-likeness (QED) is 0.783. The van der Waals surface area contributed by atoms with E-state index in [-0.39, 0.29) is 11.4 Å². The summed E-state index contributed by atoms with van der Waals surface area (Å²) in [6, 6.07) is 13.3. The second kappa shape index (κ2) is 5.54. The molecule has 22 heavy (non-hydrogen) atoms. The number of pyridine rings is 1. The molecule has 108 valence electrons. The Balaban J connectivity index is 2.11. The summed E-state index contributed by atoms with van der Waals surface area (Å²) in [5.74, 6) is 0.712. The van der Waals surface area contributed by atoms with Gasteiger partial charge in [-0.25, -0.2) is 9.78 Å². The number of hydrogen-bond donors (Lipinski definition) is 1. The highest BCUT2D eigenvalue weighted by Crippen LogP contribution is 2.21. The lowest BCUT2D eigenvalue weighted by molar-refractivity contribution is 0.186. The summed E-state index contributed by atoms with van der Waals surface area (Å²) >= 11 is 0. The van der Waals surface area contributed by atoms with Crippen LogP contribution in [0.3, 0.4) is 0 Å². The number of para-hydroxylation sites is 1. The average Bonchev–Trinajstić information content (AvgIpc) is 2.96. The lowest BCUT2D eigenvalue weighted by Gasteiger charge is -2.08. The molecular formula is C15H11N5O2. The molecule has 0 fully saturated rings. The van der Waals surface area contributed by atoms with Crippen LogP contribution in [-0.2, 0) is 4.74 Å². The SMILES string of the molecule is COC(=O)Nc1c(C#N)cnn1-c1ccc2ccccc2n1. The Labute approximate surface area is 125 Å². The van der Waals surface area contributed by atoms with E-state index in [1.54, 1.807) is 6.07 Å². The normalized spacial score (nSPS) is 10.2. The standard InChI is InChI=1S/C15H11N5O2/c1-22-15(21)19-14-11(8-16)9-17-20(14)13-7-6-10-4-2-3-5-12(10)18-13/h2-7,9H,1H3,(H,19,21). The molecule has 0 saturated carbocycles. The molecule has 2 heterocycles. The minimum absolute atomic E-state index is 0.220. The Bertz CT molecular complexity index is 894. The van der Waals surface area contributed by atoms with Gasteiger partial charge >= 0.3 is 6.09 Å². The molecule has 3 aromatic rings. The highest BCUT2D eigenvalue weighted by atomic mass is 16.5. The van der Waals surface area contributed by atoms with Gasteiger partial charge in [0, 0.05) is 5.39 Å². The van der Waals surface area contributed by atoms with Gasteiger partial charge in [0.1, 0.15) is 11.6 Å². The third kappa shape index (κ3) is 2.33. The molecule has 2 aromatic heterocycles. The van der Waals surface area contributed by atoms with Crippen LogP contribution in [0.1, 0.15) is 5.56 Å². The van der Waals surface area contributed by atoms with E-state index in [1.165, 1.54) is 18.0 Å². The molecular weight excluding hydrogens is 282 g/mol. The van der Waals surface area contributed by atoms with Crippen molar-refractivity contribution in [1.82, 2.24) is 14.8 Å². The second-order valence-electron chi connectivity index (χ2n) is 4.41. The molecule has 0 bridgehead atoms. The number of rotatable bonds is 2. The molecule has 0 unspecified atom stereocenters. The summed E-state index contributed by atoms with van der Waals surface area (Å²) in [6.07, 6.45) is 0.682. The third-order valence-corrected chi connectivity index (χ3v) is 3.10. The van der Waals surface area contributed by atoms with E-state index < -0.39 is 6.09 Å². The van der Waals surface area contributed by atoms with Gasteiger partial charge in [-0.1, -0.05) is 18.2 Å². The third-order valence-electron chi connectivity index (χ3n) is 3.10. The summed E-state index contributed by atoms with van der Waals surface area (Å²) in [6.45, 7) is 0. The molecule has 0 saturated heterocycles. The van der Waals surface area contributed by atoms with Crippen LogP contribution in [0.4, 0.5) is 10.6 Å². The monoisotopic (exact) mass is 293 g/mol. The predicted molar refractivity (Wildman–Crippen MR) is 79.6 cm³/mol. The Morgan fingerprint density at radius 3 is 2.91 bits per heavy atom. The van der Waals surface area contributed by atoms with Crippen LogP contribution in [0.2, 0.25) is 0 Å². The van der Waals surface area contributed by atoms with Crippen molar-refractivity contribution in [3.8, 4) is 11.9 Å². The van der Waals surface area contributed by atoms with Crippen LogP contribution in [0.25, 0.3) is 16.7 Å². The minimum Gasteiger partial charge on any atom is -0.453 e. The molecule has 0 aliphatic rings. The Morgan fingerprint density at radius 2 is 2.14 bits per heavy atom. The Kier molecular flexibility index (Phi) is 3.42. The average molecular weight is 293 g/mol. The number of nitriles is 1.